The van der Waals surface area contributed by atoms with E-state index >= 15 is 0 Å². The second-order valence-electron chi connectivity index (χ2n) is 7.41. The largest absolute Gasteiger partial charge is 0.370 e. The lowest BCUT2D eigenvalue weighted by Gasteiger charge is -2.34. The summed E-state index contributed by atoms with van der Waals surface area (Å²) in [6, 6.07) is 14.3. The fourth-order valence-electron chi connectivity index (χ4n) is 3.91. The average Bonchev–Trinajstić information content (AvgIpc) is 2.73. The van der Waals surface area contributed by atoms with Gasteiger partial charge in [0.25, 0.3) is 0 Å². The summed E-state index contributed by atoms with van der Waals surface area (Å²) in [6.45, 7) is 3.23. The van der Waals surface area contributed by atoms with Crippen LogP contribution in [-0.2, 0) is 4.79 Å². The van der Waals surface area contributed by atoms with Gasteiger partial charge in [-0.3, -0.25) is 9.78 Å². The highest BCUT2D eigenvalue weighted by Gasteiger charge is 2.27. The van der Waals surface area contributed by atoms with E-state index in [1.807, 2.05) is 31.2 Å². The first kappa shape index (κ1) is 18.9. The van der Waals surface area contributed by atoms with Crippen molar-refractivity contribution in [2.75, 3.05) is 23.3 Å². The number of pyridine rings is 1. The maximum atomic E-state index is 13.8. The van der Waals surface area contributed by atoms with Crippen LogP contribution >= 0.6 is 0 Å². The molecule has 0 spiro atoms. The number of aryl methyl sites for hydroxylation is 1. The van der Waals surface area contributed by atoms with E-state index in [4.69, 9.17) is 0 Å². The number of carbonyl (C=O) groups excluding carboxylic acids is 1. The minimum Gasteiger partial charge on any atom is -0.370 e. The van der Waals surface area contributed by atoms with E-state index in [2.05, 4.69) is 21.3 Å². The lowest BCUT2D eigenvalue weighted by Crippen LogP contribution is -2.38. The van der Waals surface area contributed by atoms with Crippen molar-refractivity contribution in [2.24, 2.45) is 5.92 Å². The number of hydrogen-bond donors (Lipinski definition) is 1. The third-order valence-electron chi connectivity index (χ3n) is 5.39. The number of aromatic nitrogens is 1. The summed E-state index contributed by atoms with van der Waals surface area (Å²) >= 11 is 0. The molecule has 0 radical (unpaired) electrons. The normalized spacial score (nSPS) is 14.6. The number of amides is 1. The molecule has 0 unspecified atom stereocenters. The van der Waals surface area contributed by atoms with E-state index in [9.17, 15) is 14.4 Å². The zero-order valence-corrected chi connectivity index (χ0v) is 16.2. The van der Waals surface area contributed by atoms with Gasteiger partial charge in [-0.05, 0) is 55.7 Å². The van der Waals surface area contributed by atoms with Gasteiger partial charge in [-0.2, -0.15) is 5.26 Å². The van der Waals surface area contributed by atoms with Crippen molar-refractivity contribution in [3.63, 3.8) is 0 Å². The van der Waals surface area contributed by atoms with E-state index in [-0.39, 0.29) is 17.6 Å². The van der Waals surface area contributed by atoms with Gasteiger partial charge in [0.15, 0.2) is 0 Å². The summed E-state index contributed by atoms with van der Waals surface area (Å²) in [5.41, 5.74) is 3.68. The highest BCUT2D eigenvalue weighted by atomic mass is 19.1. The van der Waals surface area contributed by atoms with E-state index in [1.165, 1.54) is 18.3 Å². The Kier molecular flexibility index (Phi) is 5.13. The third kappa shape index (κ3) is 3.90. The fraction of sp³-hybridized carbons (Fsp3) is 0.261. The topological polar surface area (TPSA) is 69.0 Å². The van der Waals surface area contributed by atoms with Crippen LogP contribution in [0.2, 0.25) is 0 Å². The maximum Gasteiger partial charge on any atom is 0.227 e. The summed E-state index contributed by atoms with van der Waals surface area (Å²) in [5.74, 6) is -0.438. The molecular weight excluding hydrogens is 367 g/mol. The molecule has 1 aliphatic rings. The SMILES string of the molecule is Cc1cccc(NC(=O)C2CCN(c3c(C#N)cnc4ccc(F)cc34)CC2)c1. The van der Waals surface area contributed by atoms with Crippen LogP contribution in [0.3, 0.4) is 0 Å². The van der Waals surface area contributed by atoms with Gasteiger partial charge in [0, 0.05) is 36.3 Å². The first-order chi connectivity index (χ1) is 14.0. The number of carbonyl (C=O) groups is 1. The fourth-order valence-corrected chi connectivity index (χ4v) is 3.91. The lowest BCUT2D eigenvalue weighted by molar-refractivity contribution is -0.120. The number of nitrogens with zero attached hydrogens (tertiary/aromatic N) is 3. The molecule has 1 fully saturated rings. The quantitative estimate of drug-likeness (QED) is 0.722. The van der Waals surface area contributed by atoms with Crippen LogP contribution in [0.5, 0.6) is 0 Å². The number of halogens is 1. The standard InChI is InChI=1S/C23H21FN4O/c1-15-3-2-4-19(11-15)27-23(29)16-7-9-28(10-8-16)22-17(13-25)14-26-21-6-5-18(24)12-20(21)22/h2-6,11-12,14,16H,7-10H2,1H3,(H,27,29). The summed E-state index contributed by atoms with van der Waals surface area (Å²) in [4.78, 5) is 19.0. The molecular formula is C23H21FN4O. The van der Waals surface area contributed by atoms with Crippen molar-refractivity contribution in [1.82, 2.24) is 4.98 Å². The highest BCUT2D eigenvalue weighted by Crippen LogP contribution is 2.33. The molecule has 1 saturated heterocycles. The van der Waals surface area contributed by atoms with Crippen LogP contribution in [0.15, 0.2) is 48.7 Å². The molecule has 0 bridgehead atoms. The molecule has 1 N–H and O–H groups in total. The van der Waals surface area contributed by atoms with Gasteiger partial charge < -0.3 is 10.2 Å². The van der Waals surface area contributed by atoms with Gasteiger partial charge in [-0.25, -0.2) is 4.39 Å². The lowest BCUT2D eigenvalue weighted by atomic mass is 9.94. The van der Waals surface area contributed by atoms with Crippen molar-refractivity contribution in [3.8, 4) is 6.07 Å². The Morgan fingerprint density at radius 2 is 2.03 bits per heavy atom. The van der Waals surface area contributed by atoms with Crippen molar-refractivity contribution in [1.29, 1.82) is 5.26 Å². The molecule has 1 amide bonds. The zero-order valence-electron chi connectivity index (χ0n) is 16.2. The van der Waals surface area contributed by atoms with Gasteiger partial charge >= 0.3 is 0 Å². The number of hydrogen-bond acceptors (Lipinski definition) is 4. The van der Waals surface area contributed by atoms with Crippen LogP contribution in [0.25, 0.3) is 10.9 Å². The molecule has 5 nitrogen and oxygen atoms in total. The van der Waals surface area contributed by atoms with Crippen LogP contribution in [0.4, 0.5) is 15.8 Å². The first-order valence-corrected chi connectivity index (χ1v) is 9.66. The Bertz CT molecular complexity index is 1110. The van der Waals surface area contributed by atoms with Gasteiger partial charge in [-0.15, -0.1) is 0 Å². The van der Waals surface area contributed by atoms with Crippen LogP contribution in [0, 0.1) is 30.0 Å². The van der Waals surface area contributed by atoms with Crippen molar-refractivity contribution in [3.05, 3.63) is 65.6 Å². The van der Waals surface area contributed by atoms with Crippen LogP contribution in [0.1, 0.15) is 24.0 Å². The molecule has 0 atom stereocenters. The average molecular weight is 388 g/mol. The molecule has 3 aromatic rings. The summed E-state index contributed by atoms with van der Waals surface area (Å²) in [7, 11) is 0. The summed E-state index contributed by atoms with van der Waals surface area (Å²) in [5, 5.41) is 13.2. The van der Waals surface area contributed by atoms with Gasteiger partial charge in [0.05, 0.1) is 16.8 Å². The number of nitriles is 1. The second-order valence-corrected chi connectivity index (χ2v) is 7.41. The monoisotopic (exact) mass is 388 g/mol. The predicted molar refractivity (Wildman–Crippen MR) is 111 cm³/mol. The van der Waals surface area contributed by atoms with E-state index in [0.717, 1.165) is 11.3 Å². The Morgan fingerprint density at radius 1 is 1.24 bits per heavy atom. The molecule has 2 heterocycles. The number of benzene rings is 2. The van der Waals surface area contributed by atoms with Crippen LogP contribution in [-0.4, -0.2) is 24.0 Å². The minimum atomic E-state index is -0.358. The van der Waals surface area contributed by atoms with Crippen molar-refractivity contribution >= 4 is 28.2 Å². The van der Waals surface area contributed by atoms with E-state index < -0.39 is 0 Å². The van der Waals surface area contributed by atoms with Gasteiger partial charge in [0.2, 0.25) is 5.91 Å². The van der Waals surface area contributed by atoms with E-state index in [1.54, 1.807) is 6.07 Å². The molecule has 2 aromatic carbocycles. The Hall–Kier alpha value is -3.46. The highest BCUT2D eigenvalue weighted by molar-refractivity contribution is 5.95. The molecule has 1 aromatic heterocycles. The smallest absolute Gasteiger partial charge is 0.227 e. The second kappa shape index (κ2) is 7.88. The molecule has 1 aliphatic heterocycles. The summed E-state index contributed by atoms with van der Waals surface area (Å²) in [6.07, 6.45) is 2.87. The van der Waals surface area contributed by atoms with Crippen LogP contribution < -0.4 is 10.2 Å². The van der Waals surface area contributed by atoms with Crippen molar-refractivity contribution < 1.29 is 9.18 Å². The number of fused-ring (bicyclic) bond motifs is 1. The molecule has 4 rings (SSSR count). The number of rotatable bonds is 3. The zero-order chi connectivity index (χ0) is 20.4. The molecule has 146 valence electrons. The number of anilines is 2. The van der Waals surface area contributed by atoms with Gasteiger partial charge in [0.1, 0.15) is 11.9 Å². The van der Waals surface area contributed by atoms with E-state index in [0.29, 0.717) is 48.1 Å². The van der Waals surface area contributed by atoms with Crippen molar-refractivity contribution in [2.45, 2.75) is 19.8 Å². The maximum absolute atomic E-state index is 13.8. The summed E-state index contributed by atoms with van der Waals surface area (Å²) < 4.78 is 13.8. The molecule has 0 saturated carbocycles. The Labute approximate surface area is 168 Å². The third-order valence-corrected chi connectivity index (χ3v) is 5.39. The Balaban J connectivity index is 1.52. The number of nitrogens with one attached hydrogen (secondary N) is 1. The minimum absolute atomic E-state index is 0.0152. The predicted octanol–water partition coefficient (Wildman–Crippen LogP) is 4.41. The molecule has 29 heavy (non-hydrogen) atoms. The number of piperidine rings is 1. The van der Waals surface area contributed by atoms with Gasteiger partial charge in [-0.1, -0.05) is 12.1 Å². The Morgan fingerprint density at radius 3 is 2.76 bits per heavy atom. The molecule has 6 heteroatoms. The molecule has 0 aliphatic carbocycles. The first-order valence-electron chi connectivity index (χ1n) is 9.66.